The Bertz CT molecular complexity index is 1350. The van der Waals surface area contributed by atoms with Gasteiger partial charge in [-0.25, -0.2) is 65.9 Å². The third-order valence-electron chi connectivity index (χ3n) is 4.24. The van der Waals surface area contributed by atoms with Crippen molar-refractivity contribution in [3.05, 3.63) is 104 Å². The summed E-state index contributed by atoms with van der Waals surface area (Å²) in [6.45, 7) is 0. The molecule has 0 atom stereocenters. The Hall–Kier alpha value is -3.60. The summed E-state index contributed by atoms with van der Waals surface area (Å²) in [5.41, 5.74) is -5.91. The average Bonchev–Trinajstić information content (AvgIpc) is 2.91. The fourth-order valence-electron chi connectivity index (χ4n) is 2.35. The van der Waals surface area contributed by atoms with Crippen molar-refractivity contribution in [2.75, 3.05) is 0 Å². The molecule has 0 fully saturated rings. The molecule has 0 heterocycles. The Balaban J connectivity index is 0.000000608. The zero-order valence-corrected chi connectivity index (χ0v) is 22.3. The molecule has 0 aliphatic carbocycles. The van der Waals surface area contributed by atoms with E-state index in [1.54, 1.807) is 0 Å². The summed E-state index contributed by atoms with van der Waals surface area (Å²) in [5.74, 6) is -43.1. The minimum absolute atomic E-state index is 0. The van der Waals surface area contributed by atoms with Gasteiger partial charge in [-0.2, -0.15) is 0 Å². The minimum Gasteiger partial charge on any atom is -0.545 e. The van der Waals surface area contributed by atoms with Crippen LogP contribution in [0.2, 0.25) is 0 Å². The maximum atomic E-state index is 12.5. The van der Waals surface area contributed by atoms with E-state index >= 15 is 0 Å². The zero-order valence-electron chi connectivity index (χ0n) is 19.1. The largest absolute Gasteiger partial charge is 3.00 e. The van der Waals surface area contributed by atoms with Crippen LogP contribution in [0.15, 0.2) is 0 Å². The van der Waals surface area contributed by atoms with E-state index < -0.39 is 122 Å². The second-order valence-electron chi connectivity index (χ2n) is 6.70. The van der Waals surface area contributed by atoms with Crippen molar-refractivity contribution < 1.29 is 137 Å². The van der Waals surface area contributed by atoms with Crippen LogP contribution in [0.25, 0.3) is 0 Å². The topological polar surface area (TPSA) is 120 Å². The summed E-state index contributed by atoms with van der Waals surface area (Å²) in [5, 5.41) is 30.0. The molecule has 0 saturated carbocycles. The van der Waals surface area contributed by atoms with Gasteiger partial charge in [0.05, 0.1) is 34.6 Å². The van der Waals surface area contributed by atoms with Gasteiger partial charge in [-0.3, -0.25) is 0 Å². The van der Waals surface area contributed by atoms with E-state index in [2.05, 4.69) is 0 Å². The van der Waals surface area contributed by atoms with Gasteiger partial charge in [0, 0.05) is 0 Å². The SMILES string of the molecule is O=C([O-])c1c(F)c(F)c(F)c(F)c1F.O=C([O-])c1c(F)c(F)c(F)c(F)c1F.O=C([O-])c1c(F)c(F)c(F)c(F)c1F.[Ce+3]. The summed E-state index contributed by atoms with van der Waals surface area (Å²) in [4.78, 5) is 30.0. The van der Waals surface area contributed by atoms with Crippen molar-refractivity contribution in [3.63, 3.8) is 0 Å². The normalized spacial score (nSPS) is 10.1. The number of hydrogen-bond donors (Lipinski definition) is 0. The molecule has 0 bridgehead atoms. The van der Waals surface area contributed by atoms with Crippen molar-refractivity contribution in [2.24, 2.45) is 0 Å². The van der Waals surface area contributed by atoms with E-state index in [9.17, 15) is 95.6 Å². The summed E-state index contributed by atoms with van der Waals surface area (Å²) >= 11 is 0. The molecular weight excluding hydrogens is 773 g/mol. The van der Waals surface area contributed by atoms with Gasteiger partial charge in [-0.05, 0) is 0 Å². The van der Waals surface area contributed by atoms with E-state index in [1.807, 2.05) is 0 Å². The van der Waals surface area contributed by atoms with E-state index in [-0.39, 0.29) is 41.7 Å². The molecule has 3 aromatic carbocycles. The smallest absolute Gasteiger partial charge is 0.545 e. The number of carbonyl (C=O) groups is 3. The maximum absolute atomic E-state index is 12.5. The number of halogens is 15. The Labute approximate surface area is 258 Å². The molecular formula is C21CeF15O6. The molecule has 0 spiro atoms. The molecule has 0 unspecified atom stereocenters. The molecule has 3 rings (SSSR count). The molecule has 3 aromatic rings. The van der Waals surface area contributed by atoms with Gasteiger partial charge in [0.25, 0.3) is 0 Å². The Kier molecular flexibility index (Phi) is 13.9. The van der Waals surface area contributed by atoms with Crippen molar-refractivity contribution in [2.45, 2.75) is 0 Å². The van der Waals surface area contributed by atoms with Gasteiger partial charge in [0.2, 0.25) is 17.5 Å². The first-order valence-electron chi connectivity index (χ1n) is 9.31. The zero-order chi connectivity index (χ0) is 33.1. The number of carboxylic acid groups (broad SMARTS) is 3. The van der Waals surface area contributed by atoms with Crippen molar-refractivity contribution in [3.8, 4) is 0 Å². The fraction of sp³-hybridized carbons (Fsp3) is 0. The number of hydrogen-bond acceptors (Lipinski definition) is 6. The monoisotopic (exact) mass is 773 g/mol. The second-order valence-corrected chi connectivity index (χ2v) is 6.70. The van der Waals surface area contributed by atoms with E-state index in [1.165, 1.54) is 0 Å². The van der Waals surface area contributed by atoms with Crippen LogP contribution in [0.3, 0.4) is 0 Å². The van der Waals surface area contributed by atoms with Gasteiger partial charge >= 0.3 is 41.7 Å². The molecule has 22 heteroatoms. The Morgan fingerprint density at radius 2 is 0.372 bits per heavy atom. The molecule has 0 aliphatic heterocycles. The number of carbonyl (C=O) groups excluding carboxylic acids is 3. The Morgan fingerprint density at radius 1 is 0.279 bits per heavy atom. The number of aromatic carboxylic acids is 3. The minimum atomic E-state index is -2.47. The van der Waals surface area contributed by atoms with E-state index in [0.717, 1.165) is 0 Å². The first-order valence-corrected chi connectivity index (χ1v) is 9.31. The first-order chi connectivity index (χ1) is 19.1. The molecule has 0 saturated heterocycles. The van der Waals surface area contributed by atoms with Gasteiger partial charge in [0.15, 0.2) is 69.8 Å². The van der Waals surface area contributed by atoms with E-state index in [0.29, 0.717) is 0 Å². The predicted molar refractivity (Wildman–Crippen MR) is 91.7 cm³/mol. The quantitative estimate of drug-likeness (QED) is 0.229. The van der Waals surface area contributed by atoms with Crippen LogP contribution in [-0.4, -0.2) is 17.9 Å². The van der Waals surface area contributed by atoms with Crippen LogP contribution in [0.1, 0.15) is 31.1 Å². The maximum Gasteiger partial charge on any atom is 3.00 e. The van der Waals surface area contributed by atoms with Gasteiger partial charge in [0.1, 0.15) is 0 Å². The molecule has 43 heavy (non-hydrogen) atoms. The van der Waals surface area contributed by atoms with Crippen molar-refractivity contribution in [1.29, 1.82) is 0 Å². The van der Waals surface area contributed by atoms with Crippen molar-refractivity contribution in [1.82, 2.24) is 0 Å². The molecule has 0 aromatic heterocycles. The third kappa shape index (κ3) is 7.87. The number of rotatable bonds is 3. The fourth-order valence-corrected chi connectivity index (χ4v) is 2.35. The first kappa shape index (κ1) is 39.4. The van der Waals surface area contributed by atoms with Gasteiger partial charge < -0.3 is 29.7 Å². The third-order valence-corrected chi connectivity index (χ3v) is 4.24. The summed E-state index contributed by atoms with van der Waals surface area (Å²) in [6, 6.07) is 0. The van der Waals surface area contributed by atoms with Gasteiger partial charge in [-0.15, -0.1) is 0 Å². The van der Waals surface area contributed by atoms with Crippen LogP contribution in [0, 0.1) is 129 Å². The summed E-state index contributed by atoms with van der Waals surface area (Å²) < 4.78 is 186. The second kappa shape index (κ2) is 15.2. The molecule has 229 valence electrons. The van der Waals surface area contributed by atoms with Crippen LogP contribution in [0.4, 0.5) is 65.9 Å². The number of carboxylic acids is 3. The van der Waals surface area contributed by atoms with Crippen molar-refractivity contribution >= 4 is 17.9 Å². The predicted octanol–water partition coefficient (Wildman–Crippen LogP) is 2.24. The molecule has 0 amide bonds. The molecule has 6 nitrogen and oxygen atoms in total. The average molecular weight is 773 g/mol. The molecule has 0 aliphatic rings. The van der Waals surface area contributed by atoms with Crippen LogP contribution < -0.4 is 15.3 Å². The van der Waals surface area contributed by atoms with Crippen LogP contribution >= 0.6 is 0 Å². The van der Waals surface area contributed by atoms with Crippen LogP contribution in [-0.2, 0) is 0 Å². The van der Waals surface area contributed by atoms with Gasteiger partial charge in [-0.1, -0.05) is 0 Å². The number of benzene rings is 3. The summed E-state index contributed by atoms with van der Waals surface area (Å²) in [7, 11) is 0. The van der Waals surface area contributed by atoms with E-state index in [4.69, 9.17) is 0 Å². The molecule has 0 N–H and O–H groups in total. The summed E-state index contributed by atoms with van der Waals surface area (Å²) in [6.07, 6.45) is 0. The van der Waals surface area contributed by atoms with Crippen LogP contribution in [0.5, 0.6) is 0 Å². The molecule has 1 radical (unpaired) electrons. The standard InChI is InChI=1S/3C7HF5O2.Ce/c3*8-2-1(7(13)14)3(9)5(11)6(12)4(2)10;/h3*(H,13,14);/q;;;+3/p-3. The Morgan fingerprint density at radius 3 is 0.465 bits per heavy atom.